The Bertz CT molecular complexity index is 970. The van der Waals surface area contributed by atoms with E-state index in [1.54, 1.807) is 0 Å². The second-order valence-corrected chi connectivity index (χ2v) is 7.89. The lowest BCUT2D eigenvalue weighted by Gasteiger charge is -2.30. The smallest absolute Gasteiger partial charge is 0.331 e. The first-order chi connectivity index (χ1) is 14.5. The van der Waals surface area contributed by atoms with Crippen molar-refractivity contribution in [1.29, 1.82) is 0 Å². The van der Waals surface area contributed by atoms with E-state index in [0.717, 1.165) is 45.3 Å². The van der Waals surface area contributed by atoms with Crippen molar-refractivity contribution in [3.63, 3.8) is 0 Å². The first-order valence-corrected chi connectivity index (χ1v) is 10.9. The molecule has 1 saturated heterocycles. The predicted octanol–water partition coefficient (Wildman–Crippen LogP) is 2.91. The minimum absolute atomic E-state index is 0.113. The molecule has 2 heterocycles. The molecule has 30 heavy (non-hydrogen) atoms. The van der Waals surface area contributed by atoms with Crippen molar-refractivity contribution in [3.05, 3.63) is 62.3 Å². The maximum Gasteiger partial charge on any atom is 0.331 e. The van der Waals surface area contributed by atoms with Gasteiger partial charge in [-0.05, 0) is 31.2 Å². The molecule has 0 bridgehead atoms. The van der Waals surface area contributed by atoms with Crippen LogP contribution in [0.2, 0.25) is 0 Å². The molecule has 0 unspecified atom stereocenters. The van der Waals surface area contributed by atoms with Crippen LogP contribution >= 0.6 is 0 Å². The molecule has 7 heteroatoms. The van der Waals surface area contributed by atoms with Crippen molar-refractivity contribution in [2.45, 2.75) is 65.1 Å². The molecule has 1 aromatic heterocycles. The monoisotopic (exact) mass is 412 g/mol. The van der Waals surface area contributed by atoms with E-state index in [1.807, 2.05) is 19.9 Å². The summed E-state index contributed by atoms with van der Waals surface area (Å²) in [6.45, 7) is 7.12. The number of piperidine rings is 1. The van der Waals surface area contributed by atoms with Gasteiger partial charge in [0.05, 0.1) is 11.8 Å². The molecule has 1 fully saturated rings. The molecular weight excluding hydrogens is 380 g/mol. The molecule has 2 aromatic rings. The second kappa shape index (κ2) is 10.4. The number of aliphatic imine (C=N–C) groups is 1. The number of hydrogen-bond donors (Lipinski definition) is 2. The molecule has 1 aromatic carbocycles. The molecule has 0 atom stereocenters. The number of nitrogens with one attached hydrogen (secondary N) is 1. The van der Waals surface area contributed by atoms with E-state index < -0.39 is 11.2 Å². The number of benzene rings is 1. The van der Waals surface area contributed by atoms with Gasteiger partial charge >= 0.3 is 5.69 Å². The van der Waals surface area contributed by atoms with Gasteiger partial charge in [0.1, 0.15) is 5.56 Å². The fourth-order valence-corrected chi connectivity index (χ4v) is 3.94. The molecule has 3 rings (SSSR count). The van der Waals surface area contributed by atoms with E-state index in [0.29, 0.717) is 18.7 Å². The summed E-state index contributed by atoms with van der Waals surface area (Å²) in [6, 6.07) is 10.5. The zero-order chi connectivity index (χ0) is 21.5. The molecule has 0 saturated carbocycles. The summed E-state index contributed by atoms with van der Waals surface area (Å²) in [5, 5.41) is 10.7. The summed E-state index contributed by atoms with van der Waals surface area (Å²) in [7, 11) is 0. The minimum atomic E-state index is -0.570. The number of unbranched alkanes of at least 4 members (excludes halogenated alkanes) is 1. The van der Waals surface area contributed by atoms with Gasteiger partial charge in [-0.15, -0.1) is 0 Å². The Morgan fingerprint density at radius 3 is 2.50 bits per heavy atom. The van der Waals surface area contributed by atoms with Crippen LogP contribution < -0.4 is 11.2 Å². The first-order valence-electron chi connectivity index (χ1n) is 10.9. The maximum absolute atomic E-state index is 12.5. The SMILES string of the molecule is CCCCn1c(O)c(C(CC)=NC2CCN(Cc3ccccc3)CC2)c(=O)[nH]c1=O. The van der Waals surface area contributed by atoms with E-state index in [4.69, 9.17) is 4.99 Å². The molecule has 2 N–H and O–H groups in total. The van der Waals surface area contributed by atoms with Crippen molar-refractivity contribution >= 4 is 5.71 Å². The third-order valence-corrected chi connectivity index (χ3v) is 5.68. The van der Waals surface area contributed by atoms with Gasteiger partial charge in [0.25, 0.3) is 5.56 Å². The summed E-state index contributed by atoms with van der Waals surface area (Å²) < 4.78 is 1.24. The second-order valence-electron chi connectivity index (χ2n) is 7.89. The molecule has 7 nitrogen and oxygen atoms in total. The summed E-state index contributed by atoms with van der Waals surface area (Å²) in [6.07, 6.45) is 3.97. The summed E-state index contributed by atoms with van der Waals surface area (Å²) in [5.41, 5.74) is 0.881. The summed E-state index contributed by atoms with van der Waals surface area (Å²) in [4.78, 5) is 34.2. The van der Waals surface area contributed by atoms with Crippen molar-refractivity contribution in [2.75, 3.05) is 13.1 Å². The number of rotatable bonds is 8. The first kappa shape index (κ1) is 22.0. The number of H-pyrrole nitrogens is 1. The number of hydrogen-bond acceptors (Lipinski definition) is 5. The third-order valence-electron chi connectivity index (χ3n) is 5.68. The van der Waals surface area contributed by atoms with E-state index >= 15 is 0 Å². The zero-order valence-corrected chi connectivity index (χ0v) is 17.9. The fraction of sp³-hybridized carbons (Fsp3) is 0.522. The highest BCUT2D eigenvalue weighted by Gasteiger charge is 2.22. The number of aromatic amines is 1. The lowest BCUT2D eigenvalue weighted by molar-refractivity contribution is 0.206. The Labute approximate surface area is 177 Å². The minimum Gasteiger partial charge on any atom is -0.494 e. The maximum atomic E-state index is 12.5. The molecule has 0 aliphatic carbocycles. The van der Waals surface area contributed by atoms with Gasteiger partial charge in [-0.2, -0.15) is 0 Å². The Hall–Kier alpha value is -2.67. The Kier molecular flexibility index (Phi) is 7.63. The molecule has 1 aliphatic heterocycles. The number of likely N-dealkylation sites (tertiary alicyclic amines) is 1. The van der Waals surface area contributed by atoms with Crippen molar-refractivity contribution in [2.24, 2.45) is 4.99 Å². The highest BCUT2D eigenvalue weighted by molar-refractivity contribution is 6.02. The molecule has 1 aliphatic rings. The molecular formula is C23H32N4O3. The van der Waals surface area contributed by atoms with Crippen LogP contribution in [0.3, 0.4) is 0 Å². The van der Waals surface area contributed by atoms with Gasteiger partial charge in [0, 0.05) is 26.2 Å². The Balaban J connectivity index is 1.75. The number of aromatic hydroxyl groups is 1. The van der Waals surface area contributed by atoms with Crippen LogP contribution in [0.4, 0.5) is 0 Å². The van der Waals surface area contributed by atoms with Crippen LogP contribution in [0.5, 0.6) is 5.88 Å². The summed E-state index contributed by atoms with van der Waals surface area (Å²) in [5.74, 6) is -0.265. The topological polar surface area (TPSA) is 90.7 Å². The van der Waals surface area contributed by atoms with Gasteiger partial charge in [0.2, 0.25) is 5.88 Å². The highest BCUT2D eigenvalue weighted by atomic mass is 16.3. The average molecular weight is 413 g/mol. The number of aromatic nitrogens is 2. The van der Waals surface area contributed by atoms with E-state index in [9.17, 15) is 14.7 Å². The molecule has 0 radical (unpaired) electrons. The lowest BCUT2D eigenvalue weighted by Crippen LogP contribution is -2.36. The van der Waals surface area contributed by atoms with Crippen molar-refractivity contribution in [1.82, 2.24) is 14.5 Å². The molecule has 0 spiro atoms. The van der Waals surface area contributed by atoms with Crippen LogP contribution in [0.15, 0.2) is 44.9 Å². The van der Waals surface area contributed by atoms with Crippen molar-refractivity contribution in [3.8, 4) is 5.88 Å². The van der Waals surface area contributed by atoms with E-state index in [1.165, 1.54) is 10.1 Å². The predicted molar refractivity (Wildman–Crippen MR) is 119 cm³/mol. The van der Waals surface area contributed by atoms with Crippen LogP contribution in [0.1, 0.15) is 57.1 Å². The van der Waals surface area contributed by atoms with E-state index in [-0.39, 0.29) is 17.5 Å². The lowest BCUT2D eigenvalue weighted by atomic mass is 10.0. The quantitative estimate of drug-likeness (QED) is 0.652. The standard InChI is InChI=1S/C23H32N4O3/c1-3-5-13-27-22(29)20(21(28)25-23(27)30)19(4-2)24-18-11-14-26(15-12-18)16-17-9-7-6-8-10-17/h6-10,18,29H,3-5,11-16H2,1-2H3,(H,25,28,30). The van der Waals surface area contributed by atoms with Gasteiger partial charge in [0.15, 0.2) is 0 Å². The zero-order valence-electron chi connectivity index (χ0n) is 17.9. The third kappa shape index (κ3) is 5.27. The van der Waals surface area contributed by atoms with Crippen LogP contribution in [0, 0.1) is 0 Å². The Morgan fingerprint density at radius 1 is 1.17 bits per heavy atom. The van der Waals surface area contributed by atoms with Crippen molar-refractivity contribution < 1.29 is 5.11 Å². The van der Waals surface area contributed by atoms with Crippen LogP contribution in [-0.4, -0.2) is 44.4 Å². The van der Waals surface area contributed by atoms with Crippen LogP contribution in [-0.2, 0) is 13.1 Å². The van der Waals surface area contributed by atoms with Gasteiger partial charge in [-0.25, -0.2) is 4.79 Å². The highest BCUT2D eigenvalue weighted by Crippen LogP contribution is 2.20. The van der Waals surface area contributed by atoms with Gasteiger partial charge in [-0.3, -0.25) is 24.2 Å². The Morgan fingerprint density at radius 2 is 1.87 bits per heavy atom. The van der Waals surface area contributed by atoms with Gasteiger partial charge in [-0.1, -0.05) is 50.6 Å². The van der Waals surface area contributed by atoms with E-state index in [2.05, 4.69) is 34.1 Å². The molecule has 162 valence electrons. The normalized spacial score (nSPS) is 16.1. The molecule has 0 amide bonds. The fourth-order valence-electron chi connectivity index (χ4n) is 3.94. The summed E-state index contributed by atoms with van der Waals surface area (Å²) >= 11 is 0. The largest absolute Gasteiger partial charge is 0.494 e. The van der Waals surface area contributed by atoms with Gasteiger partial charge < -0.3 is 5.11 Å². The average Bonchev–Trinajstić information content (AvgIpc) is 2.74. The number of nitrogens with zero attached hydrogens (tertiary/aromatic N) is 3. The van der Waals surface area contributed by atoms with Crippen LogP contribution in [0.25, 0.3) is 0 Å².